The largest absolute Gasteiger partial charge is 0.290 e. The predicted molar refractivity (Wildman–Crippen MR) is 90.1 cm³/mol. The van der Waals surface area contributed by atoms with Crippen molar-refractivity contribution < 1.29 is 17.6 Å². The third kappa shape index (κ3) is 3.90. The maximum absolute atomic E-state index is 14.3. The van der Waals surface area contributed by atoms with E-state index in [1.807, 2.05) is 5.43 Å². The Morgan fingerprint density at radius 2 is 1.88 bits per heavy atom. The highest BCUT2D eigenvalue weighted by Gasteiger charge is 2.22. The van der Waals surface area contributed by atoms with Crippen LogP contribution in [-0.2, 0) is 16.6 Å². The Bertz CT molecular complexity index is 826. The number of carbonyl (C=O) groups excluding carboxylic acids is 1. The maximum atomic E-state index is 14.3. The van der Waals surface area contributed by atoms with Crippen molar-refractivity contribution in [2.24, 2.45) is 5.84 Å². The molecule has 0 aliphatic carbocycles. The second-order valence-corrected chi connectivity index (χ2v) is 7.20. The van der Waals surface area contributed by atoms with Crippen LogP contribution in [0.4, 0.5) is 10.1 Å². The van der Waals surface area contributed by atoms with Crippen LogP contribution in [0.3, 0.4) is 0 Å². The molecule has 2 rings (SSSR count). The van der Waals surface area contributed by atoms with Gasteiger partial charge in [-0.05, 0) is 31.2 Å². The standard InChI is InChI=1S/C16H18FN3O3S/c1-2-24(22,23)20(14-6-4-3-5-7-14)11-13-9-8-12(10-15(13)17)16(21)19-18/h3-10H,2,11,18H2,1H3,(H,19,21). The lowest BCUT2D eigenvalue weighted by Crippen LogP contribution is -2.32. The zero-order valence-corrected chi connectivity index (χ0v) is 13.9. The SMILES string of the molecule is CCS(=O)(=O)N(Cc1ccc(C(=O)NN)cc1F)c1ccccc1. The third-order valence-electron chi connectivity index (χ3n) is 3.51. The lowest BCUT2D eigenvalue weighted by Gasteiger charge is -2.24. The molecule has 2 aromatic carbocycles. The van der Waals surface area contributed by atoms with E-state index in [0.29, 0.717) is 5.69 Å². The van der Waals surface area contributed by atoms with E-state index in [-0.39, 0.29) is 23.4 Å². The number of nitrogens with two attached hydrogens (primary N) is 1. The molecule has 128 valence electrons. The molecule has 0 bridgehead atoms. The molecule has 0 saturated heterocycles. The van der Waals surface area contributed by atoms with Crippen molar-refractivity contribution in [1.29, 1.82) is 0 Å². The fourth-order valence-corrected chi connectivity index (χ4v) is 3.25. The van der Waals surface area contributed by atoms with Crippen molar-refractivity contribution in [2.75, 3.05) is 10.1 Å². The smallest absolute Gasteiger partial charge is 0.265 e. The first-order chi connectivity index (χ1) is 11.4. The van der Waals surface area contributed by atoms with Gasteiger partial charge in [0.25, 0.3) is 5.91 Å². The zero-order chi connectivity index (χ0) is 17.7. The van der Waals surface area contributed by atoms with Crippen molar-refractivity contribution in [3.05, 3.63) is 65.5 Å². The number of nitrogens with zero attached hydrogens (tertiary/aromatic N) is 1. The summed E-state index contributed by atoms with van der Waals surface area (Å²) in [5.74, 6) is 3.60. The van der Waals surface area contributed by atoms with Crippen LogP contribution in [-0.4, -0.2) is 20.1 Å². The first kappa shape index (κ1) is 17.9. The van der Waals surface area contributed by atoms with E-state index in [4.69, 9.17) is 5.84 Å². The van der Waals surface area contributed by atoms with Crippen LogP contribution < -0.4 is 15.6 Å². The fourth-order valence-electron chi connectivity index (χ4n) is 2.16. The quantitative estimate of drug-likeness (QED) is 0.471. The molecule has 0 saturated carbocycles. The van der Waals surface area contributed by atoms with E-state index >= 15 is 0 Å². The molecule has 0 aliphatic heterocycles. The highest BCUT2D eigenvalue weighted by Crippen LogP contribution is 2.22. The Labute approximate surface area is 140 Å². The Morgan fingerprint density at radius 1 is 1.21 bits per heavy atom. The highest BCUT2D eigenvalue weighted by molar-refractivity contribution is 7.92. The molecular formula is C16H18FN3O3S. The molecule has 0 fully saturated rings. The summed E-state index contributed by atoms with van der Waals surface area (Å²) in [7, 11) is -3.59. The Morgan fingerprint density at radius 3 is 2.42 bits per heavy atom. The molecule has 2 aromatic rings. The Balaban J connectivity index is 2.39. The third-order valence-corrected chi connectivity index (χ3v) is 5.25. The molecule has 0 spiro atoms. The van der Waals surface area contributed by atoms with Crippen LogP contribution in [0.5, 0.6) is 0 Å². The number of anilines is 1. The van der Waals surface area contributed by atoms with E-state index in [1.54, 1.807) is 30.3 Å². The normalized spacial score (nSPS) is 11.1. The van der Waals surface area contributed by atoms with E-state index in [2.05, 4.69) is 0 Å². The van der Waals surface area contributed by atoms with Gasteiger partial charge in [0.2, 0.25) is 10.0 Å². The number of benzene rings is 2. The number of hydrogen-bond acceptors (Lipinski definition) is 4. The lowest BCUT2D eigenvalue weighted by atomic mass is 10.1. The molecule has 0 atom stereocenters. The number of para-hydroxylation sites is 1. The first-order valence-corrected chi connectivity index (χ1v) is 8.84. The van der Waals surface area contributed by atoms with Crippen molar-refractivity contribution in [1.82, 2.24) is 5.43 Å². The summed E-state index contributed by atoms with van der Waals surface area (Å²) in [6, 6.07) is 12.3. The Hall–Kier alpha value is -2.45. The van der Waals surface area contributed by atoms with Gasteiger partial charge in [0.1, 0.15) is 5.82 Å². The number of halogens is 1. The van der Waals surface area contributed by atoms with Crippen molar-refractivity contribution >= 4 is 21.6 Å². The number of amides is 1. The van der Waals surface area contributed by atoms with Crippen molar-refractivity contribution in [2.45, 2.75) is 13.5 Å². The van der Waals surface area contributed by atoms with Gasteiger partial charge in [-0.25, -0.2) is 18.7 Å². The van der Waals surface area contributed by atoms with Gasteiger partial charge in [-0.1, -0.05) is 24.3 Å². The van der Waals surface area contributed by atoms with E-state index in [1.165, 1.54) is 19.1 Å². The second kappa shape index (κ2) is 7.41. The molecule has 1 amide bonds. The van der Waals surface area contributed by atoms with Gasteiger partial charge in [-0.3, -0.25) is 14.5 Å². The van der Waals surface area contributed by atoms with Crippen molar-refractivity contribution in [3.8, 4) is 0 Å². The molecule has 0 aromatic heterocycles. The van der Waals surface area contributed by atoms with Gasteiger partial charge in [0.15, 0.2) is 0 Å². The van der Waals surface area contributed by atoms with Crippen LogP contribution in [0.15, 0.2) is 48.5 Å². The zero-order valence-electron chi connectivity index (χ0n) is 13.1. The van der Waals surface area contributed by atoms with Gasteiger partial charge in [0.05, 0.1) is 18.0 Å². The van der Waals surface area contributed by atoms with Crippen molar-refractivity contribution in [3.63, 3.8) is 0 Å². The molecule has 8 heteroatoms. The molecule has 6 nitrogen and oxygen atoms in total. The number of nitrogen functional groups attached to an aromatic ring is 1. The van der Waals surface area contributed by atoms with Gasteiger partial charge in [-0.2, -0.15) is 0 Å². The average molecular weight is 351 g/mol. The first-order valence-electron chi connectivity index (χ1n) is 7.24. The minimum atomic E-state index is -3.59. The molecular weight excluding hydrogens is 333 g/mol. The summed E-state index contributed by atoms with van der Waals surface area (Å²) in [6.45, 7) is 1.35. The summed E-state index contributed by atoms with van der Waals surface area (Å²) in [6.07, 6.45) is 0. The topological polar surface area (TPSA) is 92.5 Å². The Kier molecular flexibility index (Phi) is 5.53. The summed E-state index contributed by atoms with van der Waals surface area (Å²) >= 11 is 0. The van der Waals surface area contributed by atoms with Gasteiger partial charge in [-0.15, -0.1) is 0 Å². The number of hydrazine groups is 1. The number of rotatable bonds is 6. The van der Waals surface area contributed by atoms with Crippen LogP contribution in [0.25, 0.3) is 0 Å². The average Bonchev–Trinajstić information content (AvgIpc) is 2.60. The molecule has 3 N–H and O–H groups in total. The highest BCUT2D eigenvalue weighted by atomic mass is 32.2. The van der Waals surface area contributed by atoms with Crippen LogP contribution in [0.2, 0.25) is 0 Å². The van der Waals surface area contributed by atoms with Crippen LogP contribution in [0.1, 0.15) is 22.8 Å². The summed E-state index contributed by atoms with van der Waals surface area (Å²) < 4.78 is 40.1. The van der Waals surface area contributed by atoms with Gasteiger partial charge in [0, 0.05) is 11.1 Å². The fraction of sp³-hybridized carbons (Fsp3) is 0.188. The predicted octanol–water partition coefficient (Wildman–Crippen LogP) is 1.79. The molecule has 0 aliphatic rings. The minimum absolute atomic E-state index is 0.0587. The number of nitrogens with one attached hydrogen (secondary N) is 1. The second-order valence-electron chi connectivity index (χ2n) is 5.02. The van der Waals surface area contributed by atoms with E-state index < -0.39 is 21.7 Å². The molecule has 0 heterocycles. The lowest BCUT2D eigenvalue weighted by molar-refractivity contribution is 0.0953. The van der Waals surface area contributed by atoms with Gasteiger partial charge >= 0.3 is 0 Å². The van der Waals surface area contributed by atoms with Gasteiger partial charge < -0.3 is 0 Å². The van der Waals surface area contributed by atoms with E-state index in [9.17, 15) is 17.6 Å². The number of sulfonamides is 1. The summed E-state index contributed by atoms with van der Waals surface area (Å²) in [5.41, 5.74) is 2.58. The van der Waals surface area contributed by atoms with Crippen LogP contribution >= 0.6 is 0 Å². The minimum Gasteiger partial charge on any atom is -0.290 e. The van der Waals surface area contributed by atoms with Crippen LogP contribution in [0, 0.1) is 5.82 Å². The number of hydrogen-bond donors (Lipinski definition) is 2. The monoisotopic (exact) mass is 351 g/mol. The maximum Gasteiger partial charge on any atom is 0.265 e. The summed E-state index contributed by atoms with van der Waals surface area (Å²) in [4.78, 5) is 11.4. The molecule has 0 unspecified atom stereocenters. The van der Waals surface area contributed by atoms with E-state index in [0.717, 1.165) is 10.4 Å². The molecule has 0 radical (unpaired) electrons. The number of carbonyl (C=O) groups is 1. The molecule has 24 heavy (non-hydrogen) atoms. The summed E-state index contributed by atoms with van der Waals surface area (Å²) in [5, 5.41) is 0.